The third kappa shape index (κ3) is 3.92. The lowest BCUT2D eigenvalue weighted by molar-refractivity contribution is -0.187. The number of rotatable bonds is 2. The van der Waals surface area contributed by atoms with Crippen molar-refractivity contribution in [1.82, 2.24) is 10.2 Å². The first-order valence-electron chi connectivity index (χ1n) is 5.86. The quantitative estimate of drug-likeness (QED) is 0.870. The fourth-order valence-electron chi connectivity index (χ4n) is 2.25. The van der Waals surface area contributed by atoms with Crippen molar-refractivity contribution in [3.63, 3.8) is 0 Å². The highest BCUT2D eigenvalue weighted by Gasteiger charge is 2.45. The number of nitrogens with zero attached hydrogens (tertiary/aromatic N) is 1. The van der Waals surface area contributed by atoms with Gasteiger partial charge in [-0.25, -0.2) is 0 Å². The summed E-state index contributed by atoms with van der Waals surface area (Å²) in [5.74, 6) is 0. The van der Waals surface area contributed by atoms with Crippen LogP contribution in [0.4, 0.5) is 13.2 Å². The van der Waals surface area contributed by atoms with Gasteiger partial charge in [0.05, 0.1) is 10.0 Å². The van der Waals surface area contributed by atoms with Gasteiger partial charge in [-0.3, -0.25) is 4.90 Å². The van der Waals surface area contributed by atoms with Crippen LogP contribution in [0.1, 0.15) is 11.6 Å². The maximum absolute atomic E-state index is 13.3. The molecule has 0 bridgehead atoms. The zero-order valence-corrected chi connectivity index (χ0v) is 12.7. The molecule has 1 aromatic carbocycles. The molecule has 1 fully saturated rings. The maximum Gasteiger partial charge on any atom is 0.408 e. The van der Waals surface area contributed by atoms with E-state index in [1.807, 2.05) is 0 Å². The smallest absolute Gasteiger partial charge is 0.314 e. The van der Waals surface area contributed by atoms with Gasteiger partial charge in [0.1, 0.15) is 6.04 Å². The predicted molar refractivity (Wildman–Crippen MR) is 76.9 cm³/mol. The molecule has 1 aliphatic rings. The van der Waals surface area contributed by atoms with Crippen LogP contribution in [0.3, 0.4) is 0 Å². The van der Waals surface area contributed by atoms with Crippen molar-refractivity contribution in [2.75, 3.05) is 26.2 Å². The van der Waals surface area contributed by atoms with Crippen molar-refractivity contribution < 1.29 is 13.2 Å². The fourth-order valence-corrected chi connectivity index (χ4v) is 2.66. The molecule has 0 amide bonds. The maximum atomic E-state index is 13.3. The minimum atomic E-state index is -4.38. The van der Waals surface area contributed by atoms with E-state index >= 15 is 0 Å². The van der Waals surface area contributed by atoms with Crippen LogP contribution in [0.2, 0.25) is 10.0 Å². The molecule has 8 heteroatoms. The van der Waals surface area contributed by atoms with E-state index in [0.29, 0.717) is 26.2 Å². The normalized spacial score (nSPS) is 18.4. The number of piperazine rings is 1. The molecule has 1 heterocycles. The summed E-state index contributed by atoms with van der Waals surface area (Å²) in [5, 5.41) is 3.15. The van der Waals surface area contributed by atoms with Crippen molar-refractivity contribution in [3.05, 3.63) is 33.8 Å². The third-order valence-electron chi connectivity index (χ3n) is 3.10. The SMILES string of the molecule is Cl.FC(F)(F)[C@H](c1cccc(Cl)c1Cl)N1CCNCC1. The Kier molecular flexibility index (Phi) is 6.41. The van der Waals surface area contributed by atoms with E-state index in [2.05, 4.69) is 5.32 Å². The Labute approximate surface area is 131 Å². The van der Waals surface area contributed by atoms with E-state index in [4.69, 9.17) is 23.2 Å². The molecule has 0 aliphatic carbocycles. The summed E-state index contributed by atoms with van der Waals surface area (Å²) in [6.45, 7) is 1.72. The zero-order chi connectivity index (χ0) is 14.0. The lowest BCUT2D eigenvalue weighted by atomic mass is 10.0. The molecule has 1 aromatic rings. The van der Waals surface area contributed by atoms with Crippen LogP contribution < -0.4 is 5.32 Å². The summed E-state index contributed by atoms with van der Waals surface area (Å²) in [6, 6.07) is 2.65. The summed E-state index contributed by atoms with van der Waals surface area (Å²) in [5.41, 5.74) is 0.0172. The minimum Gasteiger partial charge on any atom is -0.314 e. The summed E-state index contributed by atoms with van der Waals surface area (Å²) in [6.07, 6.45) is -4.38. The van der Waals surface area contributed by atoms with Gasteiger partial charge >= 0.3 is 6.18 Å². The average molecular weight is 350 g/mol. The second-order valence-corrected chi connectivity index (χ2v) is 5.16. The van der Waals surface area contributed by atoms with Gasteiger partial charge < -0.3 is 5.32 Å². The molecular formula is C12H14Cl3F3N2. The number of nitrogens with one attached hydrogen (secondary N) is 1. The van der Waals surface area contributed by atoms with Gasteiger partial charge in [0, 0.05) is 26.2 Å². The molecule has 2 rings (SSSR count). The van der Waals surface area contributed by atoms with Crippen LogP contribution in [0.15, 0.2) is 18.2 Å². The van der Waals surface area contributed by atoms with Crippen molar-refractivity contribution in [2.45, 2.75) is 12.2 Å². The molecule has 1 N–H and O–H groups in total. The number of hydrogen-bond donors (Lipinski definition) is 1. The Hall–Kier alpha value is -0.200. The number of halogens is 6. The minimum absolute atomic E-state index is 0. The van der Waals surface area contributed by atoms with Crippen molar-refractivity contribution in [1.29, 1.82) is 0 Å². The van der Waals surface area contributed by atoms with Crippen molar-refractivity contribution in [2.24, 2.45) is 0 Å². The molecule has 20 heavy (non-hydrogen) atoms. The van der Waals surface area contributed by atoms with E-state index in [1.165, 1.54) is 23.1 Å². The van der Waals surface area contributed by atoms with Gasteiger partial charge in [-0.15, -0.1) is 12.4 Å². The van der Waals surface area contributed by atoms with Crippen molar-refractivity contribution in [3.8, 4) is 0 Å². The Bertz CT molecular complexity index is 448. The van der Waals surface area contributed by atoms with Gasteiger partial charge in [-0.05, 0) is 11.6 Å². The highest BCUT2D eigenvalue weighted by molar-refractivity contribution is 6.42. The van der Waals surface area contributed by atoms with Crippen LogP contribution in [-0.2, 0) is 0 Å². The van der Waals surface area contributed by atoms with Crippen LogP contribution in [0, 0.1) is 0 Å². The molecule has 0 saturated carbocycles. The predicted octanol–water partition coefficient (Wildman–Crippen LogP) is 3.92. The Morgan fingerprint density at radius 1 is 1.15 bits per heavy atom. The first kappa shape index (κ1) is 17.9. The van der Waals surface area contributed by atoms with E-state index in [9.17, 15) is 13.2 Å². The first-order valence-corrected chi connectivity index (χ1v) is 6.62. The highest BCUT2D eigenvalue weighted by atomic mass is 35.5. The van der Waals surface area contributed by atoms with Crippen LogP contribution in [0.25, 0.3) is 0 Å². The van der Waals surface area contributed by atoms with Crippen LogP contribution in [-0.4, -0.2) is 37.3 Å². The molecule has 0 aromatic heterocycles. The van der Waals surface area contributed by atoms with Gasteiger partial charge in [0.25, 0.3) is 0 Å². The molecular weight excluding hydrogens is 335 g/mol. The number of hydrogen-bond acceptors (Lipinski definition) is 2. The van der Waals surface area contributed by atoms with E-state index in [0.717, 1.165) is 0 Å². The molecule has 1 aliphatic heterocycles. The summed E-state index contributed by atoms with van der Waals surface area (Å²) >= 11 is 11.8. The molecule has 114 valence electrons. The summed E-state index contributed by atoms with van der Waals surface area (Å²) < 4.78 is 40.0. The number of alkyl halides is 3. The molecule has 0 unspecified atom stereocenters. The van der Waals surface area contributed by atoms with Gasteiger partial charge in [0.15, 0.2) is 0 Å². The second kappa shape index (κ2) is 7.18. The molecule has 2 nitrogen and oxygen atoms in total. The summed E-state index contributed by atoms with van der Waals surface area (Å²) in [4.78, 5) is 1.38. The number of benzene rings is 1. The monoisotopic (exact) mass is 348 g/mol. The van der Waals surface area contributed by atoms with Gasteiger partial charge in [-0.2, -0.15) is 13.2 Å². The van der Waals surface area contributed by atoms with E-state index in [1.54, 1.807) is 0 Å². The lowest BCUT2D eigenvalue weighted by Gasteiger charge is -2.36. The van der Waals surface area contributed by atoms with Crippen LogP contribution in [0.5, 0.6) is 0 Å². The third-order valence-corrected chi connectivity index (χ3v) is 3.94. The Morgan fingerprint density at radius 3 is 2.30 bits per heavy atom. The Balaban J connectivity index is 0.00000200. The Morgan fingerprint density at radius 2 is 1.75 bits per heavy atom. The molecule has 0 radical (unpaired) electrons. The summed E-state index contributed by atoms with van der Waals surface area (Å²) in [7, 11) is 0. The van der Waals surface area contributed by atoms with Crippen molar-refractivity contribution >= 4 is 35.6 Å². The standard InChI is InChI=1S/C12H13Cl2F3N2.ClH/c13-9-3-1-2-8(10(9)14)11(12(15,16)17)19-6-4-18-5-7-19;/h1-3,11,18H,4-7H2;1H/t11-;/m0./s1. The zero-order valence-electron chi connectivity index (χ0n) is 10.4. The van der Waals surface area contributed by atoms with Gasteiger partial charge in [0.2, 0.25) is 0 Å². The van der Waals surface area contributed by atoms with Gasteiger partial charge in [-0.1, -0.05) is 35.3 Å². The molecule has 1 atom stereocenters. The lowest BCUT2D eigenvalue weighted by Crippen LogP contribution is -2.49. The highest BCUT2D eigenvalue weighted by Crippen LogP contribution is 2.42. The largest absolute Gasteiger partial charge is 0.408 e. The van der Waals surface area contributed by atoms with Crippen LogP contribution >= 0.6 is 35.6 Å². The van der Waals surface area contributed by atoms with E-state index in [-0.39, 0.29) is 28.0 Å². The second-order valence-electron chi connectivity index (χ2n) is 4.37. The fraction of sp³-hybridized carbons (Fsp3) is 0.500. The molecule has 1 saturated heterocycles. The first-order chi connectivity index (χ1) is 8.91. The van der Waals surface area contributed by atoms with E-state index < -0.39 is 12.2 Å². The average Bonchev–Trinajstić information content (AvgIpc) is 2.35. The molecule has 0 spiro atoms. The topological polar surface area (TPSA) is 15.3 Å².